The summed E-state index contributed by atoms with van der Waals surface area (Å²) in [7, 11) is 8.77. The van der Waals surface area contributed by atoms with Crippen LogP contribution in [0.3, 0.4) is 0 Å². The third-order valence-electron chi connectivity index (χ3n) is 3.50. The summed E-state index contributed by atoms with van der Waals surface area (Å²) in [5.74, 6) is 0. The van der Waals surface area contributed by atoms with Gasteiger partial charge >= 0.3 is 0 Å². The number of quaternary nitrogens is 1. The van der Waals surface area contributed by atoms with E-state index < -0.39 is 0 Å². The van der Waals surface area contributed by atoms with Gasteiger partial charge in [0.25, 0.3) is 0 Å². The van der Waals surface area contributed by atoms with E-state index in [0.717, 1.165) is 17.6 Å². The Morgan fingerprint density at radius 2 is 1.21 bits per heavy atom. The highest BCUT2D eigenvalue weighted by Gasteiger charge is 2.24. The molecule has 0 unspecified atom stereocenters. The number of rotatable bonds is 4. The molecule has 0 aliphatic rings. The minimum Gasteiger partial charge on any atom is -0.311 e. The Balaban J connectivity index is 2.15. The lowest BCUT2D eigenvalue weighted by Crippen LogP contribution is -2.47. The average molecular weight is 258 g/mol. The maximum Gasteiger partial charge on any atom is 0.236 e. The van der Waals surface area contributed by atoms with E-state index >= 15 is 0 Å². The summed E-state index contributed by atoms with van der Waals surface area (Å²) in [5.41, 5.74) is 2.71. The molecule has 0 aromatic carbocycles. The van der Waals surface area contributed by atoms with E-state index in [4.69, 9.17) is 0 Å². The summed E-state index contributed by atoms with van der Waals surface area (Å²) in [6.45, 7) is 2.04. The first-order valence-electron chi connectivity index (χ1n) is 6.67. The van der Waals surface area contributed by atoms with Gasteiger partial charge in [0.05, 0.1) is 14.1 Å². The van der Waals surface area contributed by atoms with E-state index in [1.807, 2.05) is 0 Å². The normalized spacial score (nSPS) is 11.6. The van der Waals surface area contributed by atoms with Crippen LogP contribution in [0.15, 0.2) is 48.8 Å². The molecule has 2 aromatic heterocycles. The molecule has 0 spiro atoms. The topological polar surface area (TPSA) is 7.76 Å². The van der Waals surface area contributed by atoms with Gasteiger partial charge in [0.2, 0.25) is 11.4 Å². The molecule has 0 saturated carbocycles. The van der Waals surface area contributed by atoms with E-state index in [-0.39, 0.29) is 0 Å². The molecular formula is C16H24N3+3. The second kappa shape index (κ2) is 5.49. The van der Waals surface area contributed by atoms with Crippen molar-refractivity contribution in [2.75, 3.05) is 14.1 Å². The minimum atomic E-state index is 0.940. The van der Waals surface area contributed by atoms with Crippen LogP contribution in [0.2, 0.25) is 0 Å². The van der Waals surface area contributed by atoms with Gasteiger partial charge in [0.15, 0.2) is 25.5 Å². The van der Waals surface area contributed by atoms with Crippen LogP contribution >= 0.6 is 0 Å². The summed E-state index contributed by atoms with van der Waals surface area (Å²) in [4.78, 5) is 0. The highest BCUT2D eigenvalue weighted by Crippen LogP contribution is 2.10. The van der Waals surface area contributed by atoms with E-state index in [9.17, 15) is 0 Å². The fraction of sp³-hybridized carbons (Fsp3) is 0.375. The van der Waals surface area contributed by atoms with Crippen molar-refractivity contribution in [1.82, 2.24) is 0 Å². The molecule has 0 amide bonds. The van der Waals surface area contributed by atoms with Crippen LogP contribution in [0.5, 0.6) is 0 Å². The minimum absolute atomic E-state index is 0.940. The highest BCUT2D eigenvalue weighted by atomic mass is 15.3. The first-order valence-corrected chi connectivity index (χ1v) is 6.67. The summed E-state index contributed by atoms with van der Waals surface area (Å²) < 4.78 is 5.34. The molecule has 19 heavy (non-hydrogen) atoms. The molecule has 3 nitrogen and oxygen atoms in total. The molecule has 0 atom stereocenters. The van der Waals surface area contributed by atoms with Crippen molar-refractivity contribution in [3.63, 3.8) is 0 Å². The molecule has 0 aliphatic heterocycles. The van der Waals surface area contributed by atoms with Crippen molar-refractivity contribution in [3.05, 3.63) is 60.2 Å². The fourth-order valence-corrected chi connectivity index (χ4v) is 2.38. The van der Waals surface area contributed by atoms with E-state index in [2.05, 4.69) is 86.1 Å². The molecule has 0 bridgehead atoms. The van der Waals surface area contributed by atoms with Gasteiger partial charge in [-0.15, -0.1) is 0 Å². The van der Waals surface area contributed by atoms with Crippen LogP contribution in [-0.2, 0) is 27.2 Å². The Kier molecular flexibility index (Phi) is 3.96. The molecular weight excluding hydrogens is 234 g/mol. The molecule has 2 heterocycles. The van der Waals surface area contributed by atoms with E-state index in [1.165, 1.54) is 11.4 Å². The number of aromatic nitrogens is 2. The zero-order valence-electron chi connectivity index (χ0n) is 12.4. The summed E-state index contributed by atoms with van der Waals surface area (Å²) in [5, 5.41) is 0. The van der Waals surface area contributed by atoms with Crippen molar-refractivity contribution in [2.24, 2.45) is 14.1 Å². The van der Waals surface area contributed by atoms with Gasteiger partial charge in [-0.3, -0.25) is 0 Å². The smallest absolute Gasteiger partial charge is 0.236 e. The monoisotopic (exact) mass is 258 g/mol. The van der Waals surface area contributed by atoms with Gasteiger partial charge in [0.1, 0.15) is 14.1 Å². The van der Waals surface area contributed by atoms with Crippen LogP contribution < -0.4 is 9.13 Å². The molecule has 0 saturated heterocycles. The fourth-order valence-electron chi connectivity index (χ4n) is 2.38. The highest BCUT2D eigenvalue weighted by molar-refractivity contribution is 4.97. The maximum atomic E-state index is 2.28. The Morgan fingerprint density at radius 1 is 0.789 bits per heavy atom. The number of nitrogens with zero attached hydrogens (tertiary/aromatic N) is 3. The molecule has 0 fully saturated rings. The zero-order chi connectivity index (χ0) is 13.9. The Morgan fingerprint density at radius 3 is 1.58 bits per heavy atom. The number of hydrogen-bond donors (Lipinski definition) is 0. The van der Waals surface area contributed by atoms with Crippen LogP contribution in [-0.4, -0.2) is 18.6 Å². The third kappa shape index (κ3) is 3.61. The van der Waals surface area contributed by atoms with Gasteiger partial charge in [-0.05, 0) is 12.1 Å². The lowest BCUT2D eigenvalue weighted by Gasteiger charge is -2.27. The Bertz CT molecular complexity index is 512. The molecule has 100 valence electrons. The maximum absolute atomic E-state index is 2.28. The van der Waals surface area contributed by atoms with Crippen LogP contribution in [0.4, 0.5) is 0 Å². The Hall–Kier alpha value is -1.74. The molecule has 0 radical (unpaired) electrons. The van der Waals surface area contributed by atoms with Gasteiger partial charge in [-0.25, -0.2) is 9.13 Å². The third-order valence-corrected chi connectivity index (χ3v) is 3.50. The predicted octanol–water partition coefficient (Wildman–Crippen LogP) is 1.11. The first kappa shape index (κ1) is 13.7. The van der Waals surface area contributed by atoms with Crippen molar-refractivity contribution >= 4 is 0 Å². The zero-order valence-corrected chi connectivity index (χ0v) is 12.4. The van der Waals surface area contributed by atoms with Crippen molar-refractivity contribution in [3.8, 4) is 0 Å². The lowest BCUT2D eigenvalue weighted by molar-refractivity contribution is -0.932. The molecule has 3 heteroatoms. The second-order valence-electron chi connectivity index (χ2n) is 5.86. The molecule has 0 aliphatic carbocycles. The van der Waals surface area contributed by atoms with Crippen LogP contribution in [0.25, 0.3) is 0 Å². The second-order valence-corrected chi connectivity index (χ2v) is 5.86. The van der Waals surface area contributed by atoms with E-state index in [0.29, 0.717) is 0 Å². The molecule has 0 N–H and O–H groups in total. The summed E-state index contributed by atoms with van der Waals surface area (Å²) >= 11 is 0. The van der Waals surface area contributed by atoms with Crippen molar-refractivity contribution < 1.29 is 13.6 Å². The van der Waals surface area contributed by atoms with E-state index in [1.54, 1.807) is 0 Å². The first-order chi connectivity index (χ1) is 8.98. The Labute approximate surface area is 116 Å². The molecule has 2 rings (SSSR count). The van der Waals surface area contributed by atoms with Gasteiger partial charge < -0.3 is 4.48 Å². The van der Waals surface area contributed by atoms with Gasteiger partial charge in [0, 0.05) is 24.3 Å². The number of pyridine rings is 2. The molecule has 2 aromatic rings. The standard InChI is InChI=1S/C16H24N3/c1-17-11-7-5-9-15(17)13-19(3,4)14-16-10-6-8-12-18(16)2/h5-12H,13-14H2,1-4H3/q+3. The SMILES string of the molecule is C[n+]1ccccc1C[N+](C)(C)Cc1cccc[n+]1C. The summed E-state index contributed by atoms with van der Waals surface area (Å²) in [6.07, 6.45) is 4.22. The van der Waals surface area contributed by atoms with Gasteiger partial charge in [-0.1, -0.05) is 0 Å². The largest absolute Gasteiger partial charge is 0.311 e. The van der Waals surface area contributed by atoms with Crippen molar-refractivity contribution in [2.45, 2.75) is 13.1 Å². The number of aryl methyl sites for hydroxylation is 2. The lowest BCUT2D eigenvalue weighted by atomic mass is 10.2. The van der Waals surface area contributed by atoms with Crippen molar-refractivity contribution in [1.29, 1.82) is 0 Å². The van der Waals surface area contributed by atoms with Gasteiger partial charge in [-0.2, -0.15) is 0 Å². The van der Waals surface area contributed by atoms with Crippen LogP contribution in [0.1, 0.15) is 11.4 Å². The quantitative estimate of drug-likeness (QED) is 0.573. The summed E-state index contributed by atoms with van der Waals surface area (Å²) in [6, 6.07) is 12.8. The predicted molar refractivity (Wildman–Crippen MR) is 74.8 cm³/mol. The number of hydrogen-bond acceptors (Lipinski definition) is 0. The van der Waals surface area contributed by atoms with Crippen LogP contribution in [0, 0.1) is 0 Å². The average Bonchev–Trinajstić information content (AvgIpc) is 2.35.